The van der Waals surface area contributed by atoms with Gasteiger partial charge in [0.05, 0.1) is 5.52 Å². The lowest BCUT2D eigenvalue weighted by Gasteiger charge is -2.28. The van der Waals surface area contributed by atoms with Crippen LogP contribution in [0.3, 0.4) is 0 Å². The Bertz CT molecular complexity index is 995. The topological polar surface area (TPSA) is 63.8 Å². The van der Waals surface area contributed by atoms with Crippen LogP contribution in [0.1, 0.15) is 42.6 Å². The SMILES string of the molecule is Cc1cccc(C=Cc2nc(NCC3CCCC(CN)C3)c3ccccc3n2)c1. The van der Waals surface area contributed by atoms with Crippen LogP contribution in [0.4, 0.5) is 5.82 Å². The lowest BCUT2D eigenvalue weighted by molar-refractivity contribution is 0.281. The maximum absolute atomic E-state index is 5.91. The number of rotatable bonds is 6. The van der Waals surface area contributed by atoms with Gasteiger partial charge in [-0.15, -0.1) is 0 Å². The highest BCUT2D eigenvalue weighted by Crippen LogP contribution is 2.29. The van der Waals surface area contributed by atoms with Crippen LogP contribution in [0.2, 0.25) is 0 Å². The van der Waals surface area contributed by atoms with E-state index in [1.807, 2.05) is 18.2 Å². The number of hydrogen-bond donors (Lipinski definition) is 2. The van der Waals surface area contributed by atoms with E-state index >= 15 is 0 Å². The van der Waals surface area contributed by atoms with Gasteiger partial charge in [-0.3, -0.25) is 0 Å². The van der Waals surface area contributed by atoms with Gasteiger partial charge >= 0.3 is 0 Å². The van der Waals surface area contributed by atoms with Gasteiger partial charge in [0, 0.05) is 11.9 Å². The number of aryl methyl sites for hydroxylation is 1. The Morgan fingerprint density at radius 1 is 1.03 bits per heavy atom. The molecule has 0 aliphatic heterocycles. The van der Waals surface area contributed by atoms with Gasteiger partial charge in [-0.05, 0) is 68.3 Å². The summed E-state index contributed by atoms with van der Waals surface area (Å²) in [7, 11) is 0. The number of anilines is 1. The van der Waals surface area contributed by atoms with E-state index in [1.165, 1.54) is 31.2 Å². The smallest absolute Gasteiger partial charge is 0.154 e. The zero-order valence-electron chi connectivity index (χ0n) is 17.1. The Morgan fingerprint density at radius 2 is 1.90 bits per heavy atom. The van der Waals surface area contributed by atoms with Gasteiger partial charge in [0.1, 0.15) is 5.82 Å². The first kappa shape index (κ1) is 19.6. The molecule has 1 heterocycles. The molecule has 4 rings (SSSR count). The summed E-state index contributed by atoms with van der Waals surface area (Å²) >= 11 is 0. The number of fused-ring (bicyclic) bond motifs is 1. The molecule has 150 valence electrons. The van der Waals surface area contributed by atoms with Crippen molar-refractivity contribution < 1.29 is 0 Å². The molecule has 3 N–H and O–H groups in total. The van der Waals surface area contributed by atoms with Crippen LogP contribution < -0.4 is 11.1 Å². The van der Waals surface area contributed by atoms with Crippen LogP contribution in [-0.2, 0) is 0 Å². The summed E-state index contributed by atoms with van der Waals surface area (Å²) in [5.74, 6) is 2.99. The molecule has 2 unspecified atom stereocenters. The third-order valence-electron chi connectivity index (χ3n) is 5.87. The minimum Gasteiger partial charge on any atom is -0.369 e. The second kappa shape index (κ2) is 9.19. The first-order chi connectivity index (χ1) is 14.2. The Kier molecular flexibility index (Phi) is 6.20. The predicted octanol–water partition coefficient (Wildman–Crippen LogP) is 5.29. The molecule has 29 heavy (non-hydrogen) atoms. The molecular weight excluding hydrogens is 356 g/mol. The fraction of sp³-hybridized carbons (Fsp3) is 0.360. The van der Waals surface area contributed by atoms with Gasteiger partial charge < -0.3 is 11.1 Å². The van der Waals surface area contributed by atoms with Gasteiger partial charge in [0.25, 0.3) is 0 Å². The van der Waals surface area contributed by atoms with Crippen molar-refractivity contribution in [3.8, 4) is 0 Å². The van der Waals surface area contributed by atoms with Gasteiger partial charge in [0.15, 0.2) is 5.82 Å². The normalized spacial score (nSPS) is 19.7. The van der Waals surface area contributed by atoms with Crippen LogP contribution in [0.5, 0.6) is 0 Å². The van der Waals surface area contributed by atoms with Crippen molar-refractivity contribution in [1.82, 2.24) is 9.97 Å². The second-order valence-corrected chi connectivity index (χ2v) is 8.21. The van der Waals surface area contributed by atoms with Gasteiger partial charge in [0.2, 0.25) is 0 Å². The quantitative estimate of drug-likeness (QED) is 0.604. The van der Waals surface area contributed by atoms with Gasteiger partial charge in [-0.1, -0.05) is 54.5 Å². The van der Waals surface area contributed by atoms with Crippen molar-refractivity contribution in [3.05, 3.63) is 65.5 Å². The molecule has 1 saturated carbocycles. The largest absolute Gasteiger partial charge is 0.369 e. The Labute approximate surface area is 173 Å². The molecule has 3 aromatic rings. The standard InChI is InChI=1S/C25H30N4/c1-18-6-4-7-19(14-18)12-13-24-28-23-11-3-2-10-22(23)25(29-24)27-17-21-9-5-8-20(15-21)16-26/h2-4,6-7,10-14,20-21H,5,8-9,15-17,26H2,1H3,(H,27,28,29). The summed E-state index contributed by atoms with van der Waals surface area (Å²) < 4.78 is 0. The number of benzene rings is 2. The number of para-hydroxylation sites is 1. The number of nitrogens with two attached hydrogens (primary N) is 1. The molecule has 1 aliphatic carbocycles. The summed E-state index contributed by atoms with van der Waals surface area (Å²) in [6, 6.07) is 16.7. The highest BCUT2D eigenvalue weighted by molar-refractivity contribution is 5.90. The maximum Gasteiger partial charge on any atom is 0.154 e. The van der Waals surface area contributed by atoms with Gasteiger partial charge in [-0.2, -0.15) is 0 Å². The molecule has 2 aromatic carbocycles. The lowest BCUT2D eigenvalue weighted by atomic mass is 9.81. The molecular formula is C25H30N4. The first-order valence-corrected chi connectivity index (χ1v) is 10.7. The number of nitrogens with one attached hydrogen (secondary N) is 1. The fourth-order valence-corrected chi connectivity index (χ4v) is 4.29. The van der Waals surface area contributed by atoms with Crippen LogP contribution in [0, 0.1) is 18.8 Å². The first-order valence-electron chi connectivity index (χ1n) is 10.7. The number of aromatic nitrogens is 2. The van der Waals surface area contributed by atoms with Crippen molar-refractivity contribution in [1.29, 1.82) is 0 Å². The van der Waals surface area contributed by atoms with E-state index in [-0.39, 0.29) is 0 Å². The molecule has 0 bridgehead atoms. The van der Waals surface area contributed by atoms with E-state index in [0.717, 1.165) is 41.2 Å². The molecule has 0 amide bonds. The third-order valence-corrected chi connectivity index (χ3v) is 5.87. The van der Waals surface area contributed by atoms with E-state index in [9.17, 15) is 0 Å². The molecule has 0 radical (unpaired) electrons. The zero-order chi connectivity index (χ0) is 20.1. The fourth-order valence-electron chi connectivity index (χ4n) is 4.29. The van der Waals surface area contributed by atoms with Crippen molar-refractivity contribution in [2.45, 2.75) is 32.6 Å². The predicted molar refractivity (Wildman–Crippen MR) is 123 cm³/mol. The molecule has 0 saturated heterocycles. The summed E-state index contributed by atoms with van der Waals surface area (Å²) in [5, 5.41) is 4.70. The molecule has 0 spiro atoms. The van der Waals surface area contributed by atoms with Crippen LogP contribution >= 0.6 is 0 Å². The monoisotopic (exact) mass is 386 g/mol. The Hall–Kier alpha value is -2.72. The average Bonchev–Trinajstić information content (AvgIpc) is 2.76. The Balaban J connectivity index is 1.56. The van der Waals surface area contributed by atoms with Crippen LogP contribution in [0.25, 0.3) is 23.1 Å². The van der Waals surface area contributed by atoms with Crippen molar-refractivity contribution in [3.63, 3.8) is 0 Å². The summed E-state index contributed by atoms with van der Waals surface area (Å²) in [6.45, 7) is 3.85. The summed E-state index contributed by atoms with van der Waals surface area (Å²) in [5.41, 5.74) is 9.28. The van der Waals surface area contributed by atoms with Crippen molar-refractivity contribution >= 4 is 28.9 Å². The minimum absolute atomic E-state index is 0.664. The lowest BCUT2D eigenvalue weighted by Crippen LogP contribution is -2.26. The number of nitrogens with zero attached hydrogens (tertiary/aromatic N) is 2. The minimum atomic E-state index is 0.664. The third kappa shape index (κ3) is 5.01. The van der Waals surface area contributed by atoms with Crippen LogP contribution in [0.15, 0.2) is 48.5 Å². The molecule has 1 aromatic heterocycles. The molecule has 4 nitrogen and oxygen atoms in total. The van der Waals surface area contributed by atoms with E-state index in [0.29, 0.717) is 11.8 Å². The zero-order valence-corrected chi connectivity index (χ0v) is 17.1. The highest BCUT2D eigenvalue weighted by Gasteiger charge is 2.21. The molecule has 1 fully saturated rings. The number of hydrogen-bond acceptors (Lipinski definition) is 4. The second-order valence-electron chi connectivity index (χ2n) is 8.21. The van der Waals surface area contributed by atoms with E-state index < -0.39 is 0 Å². The van der Waals surface area contributed by atoms with Crippen LogP contribution in [-0.4, -0.2) is 23.1 Å². The summed E-state index contributed by atoms with van der Waals surface area (Å²) in [4.78, 5) is 9.57. The van der Waals surface area contributed by atoms with Gasteiger partial charge in [-0.25, -0.2) is 9.97 Å². The van der Waals surface area contributed by atoms with E-state index in [1.54, 1.807) is 0 Å². The van der Waals surface area contributed by atoms with E-state index in [2.05, 4.69) is 54.7 Å². The Morgan fingerprint density at radius 3 is 2.76 bits per heavy atom. The van der Waals surface area contributed by atoms with E-state index in [4.69, 9.17) is 15.7 Å². The average molecular weight is 387 g/mol. The molecule has 1 aliphatic rings. The summed E-state index contributed by atoms with van der Waals surface area (Å²) in [6.07, 6.45) is 9.12. The maximum atomic E-state index is 5.91. The van der Waals surface area contributed by atoms with Crippen molar-refractivity contribution in [2.24, 2.45) is 17.6 Å². The molecule has 2 atom stereocenters. The highest BCUT2D eigenvalue weighted by atomic mass is 15.0. The molecule has 4 heteroatoms. The van der Waals surface area contributed by atoms with Crippen molar-refractivity contribution in [2.75, 3.05) is 18.4 Å².